The van der Waals surface area contributed by atoms with E-state index in [4.69, 9.17) is 0 Å². The van der Waals surface area contributed by atoms with E-state index in [1.807, 2.05) is 31.2 Å². The number of nitro benzene ring substituents is 1. The number of aromatic hydroxyl groups is 2. The summed E-state index contributed by atoms with van der Waals surface area (Å²) in [4.78, 5) is 10.3. The molecule has 9 nitrogen and oxygen atoms in total. The van der Waals surface area contributed by atoms with E-state index < -0.39 is 16.4 Å². The van der Waals surface area contributed by atoms with Gasteiger partial charge in [0.1, 0.15) is 5.75 Å². The summed E-state index contributed by atoms with van der Waals surface area (Å²) < 4.78 is 2.56. The first kappa shape index (κ1) is 21.8. The molecular weight excluding hydrogens is 474 g/mol. The predicted molar refractivity (Wildman–Crippen MR) is 117 cm³/mol. The summed E-state index contributed by atoms with van der Waals surface area (Å²) in [6.45, 7) is 2.01. The van der Waals surface area contributed by atoms with E-state index in [1.165, 1.54) is 18.0 Å². The smallest absolute Gasteiger partial charge is 0.311 e. The molecule has 0 aliphatic carbocycles. The second kappa shape index (κ2) is 9.72. The van der Waals surface area contributed by atoms with Crippen molar-refractivity contribution in [2.45, 2.75) is 30.7 Å². The average Bonchev–Trinajstić information content (AvgIpc) is 3.08. The van der Waals surface area contributed by atoms with Crippen molar-refractivity contribution in [3.8, 4) is 11.5 Å². The maximum absolute atomic E-state index is 11.0. The van der Waals surface area contributed by atoms with Crippen molar-refractivity contribution in [3.05, 3.63) is 67.9 Å². The van der Waals surface area contributed by atoms with Crippen LogP contribution in [0.5, 0.6) is 11.5 Å². The molecule has 2 aromatic carbocycles. The molecule has 0 atom stereocenters. The number of phenols is 2. The van der Waals surface area contributed by atoms with Crippen LogP contribution in [0.25, 0.3) is 0 Å². The Bertz CT molecular complexity index is 1090. The third-order valence-electron chi connectivity index (χ3n) is 4.06. The maximum atomic E-state index is 11.0. The first-order chi connectivity index (χ1) is 14.4. The first-order valence-electron chi connectivity index (χ1n) is 8.95. The van der Waals surface area contributed by atoms with Crippen molar-refractivity contribution in [1.29, 1.82) is 0 Å². The van der Waals surface area contributed by atoms with E-state index in [9.17, 15) is 20.3 Å². The van der Waals surface area contributed by atoms with Crippen LogP contribution in [0.15, 0.2) is 51.1 Å². The van der Waals surface area contributed by atoms with E-state index in [0.717, 1.165) is 28.6 Å². The fraction of sp³-hybridized carbons (Fsp3) is 0.211. The summed E-state index contributed by atoms with van der Waals surface area (Å²) in [6, 6.07) is 9.90. The van der Waals surface area contributed by atoms with Gasteiger partial charge in [-0.2, -0.15) is 9.78 Å². The van der Waals surface area contributed by atoms with Crippen molar-refractivity contribution in [1.82, 2.24) is 14.9 Å². The van der Waals surface area contributed by atoms with Gasteiger partial charge in [0.2, 0.25) is 5.16 Å². The largest absolute Gasteiger partial charge is 0.507 e. The Labute approximate surface area is 184 Å². The normalized spacial score (nSPS) is 11.3. The van der Waals surface area contributed by atoms with Crippen molar-refractivity contribution < 1.29 is 15.1 Å². The molecule has 11 heteroatoms. The quantitative estimate of drug-likeness (QED) is 0.205. The number of thioether (sulfide) groups is 1. The van der Waals surface area contributed by atoms with E-state index in [0.29, 0.717) is 23.2 Å². The van der Waals surface area contributed by atoms with Crippen LogP contribution in [0.1, 0.15) is 30.3 Å². The van der Waals surface area contributed by atoms with Crippen molar-refractivity contribution in [2.75, 3.05) is 0 Å². The molecule has 0 saturated heterocycles. The molecule has 0 radical (unpaired) electrons. The van der Waals surface area contributed by atoms with E-state index in [1.54, 1.807) is 4.68 Å². The highest BCUT2D eigenvalue weighted by Crippen LogP contribution is 2.32. The SMILES string of the molecule is CCCc1nnc(SCc2ccc(Br)cc2)n1/N=C/c1cc([N+](=O)[O-])c(O)cc1O. The summed E-state index contributed by atoms with van der Waals surface area (Å²) in [5.74, 6) is 0.357. The van der Waals surface area contributed by atoms with Crippen LogP contribution in [0.4, 0.5) is 5.69 Å². The van der Waals surface area contributed by atoms with Crippen LogP contribution >= 0.6 is 27.7 Å². The van der Waals surface area contributed by atoms with Crippen LogP contribution < -0.4 is 0 Å². The van der Waals surface area contributed by atoms with Crippen LogP contribution in [0.2, 0.25) is 0 Å². The Hall–Kier alpha value is -2.92. The molecule has 1 heterocycles. The van der Waals surface area contributed by atoms with Gasteiger partial charge in [-0.3, -0.25) is 10.1 Å². The van der Waals surface area contributed by atoms with Crippen molar-refractivity contribution >= 4 is 39.6 Å². The highest BCUT2D eigenvalue weighted by molar-refractivity contribution is 9.10. The topological polar surface area (TPSA) is 127 Å². The van der Waals surface area contributed by atoms with Gasteiger partial charge < -0.3 is 10.2 Å². The van der Waals surface area contributed by atoms with Crippen molar-refractivity contribution in [2.24, 2.45) is 5.10 Å². The minimum absolute atomic E-state index is 0.0968. The van der Waals surface area contributed by atoms with Gasteiger partial charge in [-0.15, -0.1) is 10.2 Å². The molecule has 0 amide bonds. The highest BCUT2D eigenvalue weighted by atomic mass is 79.9. The molecule has 3 rings (SSSR count). The minimum Gasteiger partial charge on any atom is -0.507 e. The lowest BCUT2D eigenvalue weighted by Crippen LogP contribution is -2.01. The predicted octanol–water partition coefficient (Wildman–Crippen LogP) is 4.49. The Morgan fingerprint density at radius 3 is 2.63 bits per heavy atom. The molecule has 0 unspecified atom stereocenters. The zero-order chi connectivity index (χ0) is 21.7. The van der Waals surface area contributed by atoms with Gasteiger partial charge in [-0.05, 0) is 24.1 Å². The second-order valence-electron chi connectivity index (χ2n) is 6.28. The molecule has 0 spiro atoms. The number of hydrogen-bond acceptors (Lipinski definition) is 8. The maximum Gasteiger partial charge on any atom is 0.311 e. The molecule has 1 aromatic heterocycles. The number of phenolic OH excluding ortho intramolecular Hbond substituents is 2. The lowest BCUT2D eigenvalue weighted by atomic mass is 10.2. The Morgan fingerprint density at radius 2 is 1.97 bits per heavy atom. The fourth-order valence-corrected chi connectivity index (χ4v) is 3.69. The van der Waals surface area contributed by atoms with Gasteiger partial charge in [0.05, 0.1) is 11.1 Å². The Morgan fingerprint density at radius 1 is 1.23 bits per heavy atom. The number of nitrogens with zero attached hydrogens (tertiary/aromatic N) is 5. The summed E-state index contributed by atoms with van der Waals surface area (Å²) in [5.41, 5.74) is 0.682. The number of aryl methyl sites for hydroxylation is 1. The summed E-state index contributed by atoms with van der Waals surface area (Å²) >= 11 is 4.86. The number of hydrogen-bond donors (Lipinski definition) is 2. The molecule has 30 heavy (non-hydrogen) atoms. The van der Waals surface area contributed by atoms with Gasteiger partial charge in [-0.25, -0.2) is 0 Å². The minimum atomic E-state index is -0.729. The number of benzene rings is 2. The molecule has 156 valence electrons. The third kappa shape index (κ3) is 5.16. The van der Waals surface area contributed by atoms with Gasteiger partial charge in [-0.1, -0.05) is 46.7 Å². The monoisotopic (exact) mass is 491 g/mol. The number of rotatable bonds is 8. The third-order valence-corrected chi connectivity index (χ3v) is 5.58. The second-order valence-corrected chi connectivity index (χ2v) is 8.14. The standard InChI is InChI=1S/C19H18BrN5O4S/c1-2-3-18-22-23-19(30-11-12-4-6-14(20)7-5-12)24(18)21-10-13-8-15(25(28)29)17(27)9-16(13)26/h4-10,26-27H,2-3,11H2,1H3/b21-10+. The van der Waals surface area contributed by atoms with Gasteiger partial charge >= 0.3 is 5.69 Å². The highest BCUT2D eigenvalue weighted by Gasteiger charge is 2.17. The molecule has 0 fully saturated rings. The van der Waals surface area contributed by atoms with Crippen LogP contribution in [-0.4, -0.2) is 36.2 Å². The number of aromatic nitrogens is 3. The Kier molecular flexibility index (Phi) is 7.06. The lowest BCUT2D eigenvalue weighted by Gasteiger charge is -2.05. The lowest BCUT2D eigenvalue weighted by molar-refractivity contribution is -0.385. The van der Waals surface area contributed by atoms with E-state index in [-0.39, 0.29) is 11.3 Å². The van der Waals surface area contributed by atoms with Crippen LogP contribution in [0, 0.1) is 10.1 Å². The van der Waals surface area contributed by atoms with Gasteiger partial charge in [0, 0.05) is 34.3 Å². The van der Waals surface area contributed by atoms with Crippen LogP contribution in [-0.2, 0) is 12.2 Å². The molecule has 0 saturated carbocycles. The molecule has 0 aliphatic heterocycles. The fourth-order valence-electron chi connectivity index (χ4n) is 2.56. The summed E-state index contributed by atoms with van der Waals surface area (Å²) in [7, 11) is 0. The number of nitro groups is 1. The average molecular weight is 492 g/mol. The van der Waals surface area contributed by atoms with E-state index in [2.05, 4.69) is 31.2 Å². The first-order valence-corrected chi connectivity index (χ1v) is 10.7. The molecule has 0 bridgehead atoms. The van der Waals surface area contributed by atoms with Crippen molar-refractivity contribution in [3.63, 3.8) is 0 Å². The zero-order valence-corrected chi connectivity index (χ0v) is 18.3. The molecule has 2 N–H and O–H groups in total. The Balaban J connectivity index is 1.89. The van der Waals surface area contributed by atoms with Gasteiger partial charge in [0.25, 0.3) is 0 Å². The zero-order valence-electron chi connectivity index (χ0n) is 15.9. The molecular formula is C19H18BrN5O4S. The van der Waals surface area contributed by atoms with Gasteiger partial charge in [0.15, 0.2) is 11.6 Å². The number of halogens is 1. The van der Waals surface area contributed by atoms with E-state index >= 15 is 0 Å². The molecule has 0 aliphatic rings. The summed E-state index contributed by atoms with van der Waals surface area (Å²) in [6.07, 6.45) is 2.76. The molecule has 3 aromatic rings. The summed E-state index contributed by atoms with van der Waals surface area (Å²) in [5, 5.41) is 44.0. The van der Waals surface area contributed by atoms with Crippen LogP contribution in [0.3, 0.4) is 0 Å².